The highest BCUT2D eigenvalue weighted by Crippen LogP contribution is 2.23. The van der Waals surface area contributed by atoms with E-state index in [0.717, 1.165) is 0 Å². The van der Waals surface area contributed by atoms with Crippen molar-refractivity contribution in [1.29, 1.82) is 0 Å². The number of aromatic nitrogens is 1. The molecule has 0 aliphatic carbocycles. The second-order valence-electron chi connectivity index (χ2n) is 5.77. The van der Waals surface area contributed by atoms with Crippen LogP contribution in [0.15, 0.2) is 60.8 Å². The molecule has 0 saturated heterocycles. The number of carbonyl (C=O) groups is 2. The molecule has 5 nitrogen and oxygen atoms in total. The highest BCUT2D eigenvalue weighted by atomic mass is 35.5. The molecule has 0 fully saturated rings. The minimum atomic E-state index is -0.509. The van der Waals surface area contributed by atoms with Crippen LogP contribution in [0.2, 0.25) is 5.02 Å². The quantitative estimate of drug-likeness (QED) is 0.603. The van der Waals surface area contributed by atoms with Crippen LogP contribution in [0.5, 0.6) is 0 Å². The Hall–Kier alpha value is -3.25. The fraction of sp³-hybridized carbons (Fsp3) is 0.0500. The Labute approximate surface area is 160 Å². The largest absolute Gasteiger partial charge is 0.355 e. The third-order valence-electron chi connectivity index (χ3n) is 3.73. The predicted molar refractivity (Wildman–Crippen MR) is 103 cm³/mol. The van der Waals surface area contributed by atoms with Gasteiger partial charge < -0.3 is 10.6 Å². The lowest BCUT2D eigenvalue weighted by atomic mass is 10.1. The lowest BCUT2D eigenvalue weighted by Crippen LogP contribution is -2.14. The van der Waals surface area contributed by atoms with Crippen molar-refractivity contribution in [2.45, 2.75) is 6.92 Å². The lowest BCUT2D eigenvalue weighted by Gasteiger charge is -2.09. The average Bonchev–Trinajstić information content (AvgIpc) is 2.65. The molecule has 0 radical (unpaired) electrons. The maximum Gasteiger partial charge on any atom is 0.274 e. The van der Waals surface area contributed by atoms with Gasteiger partial charge in [0.15, 0.2) is 5.78 Å². The van der Waals surface area contributed by atoms with Crippen LogP contribution in [0.4, 0.5) is 21.5 Å². The van der Waals surface area contributed by atoms with Crippen molar-refractivity contribution in [3.8, 4) is 0 Å². The third kappa shape index (κ3) is 4.68. The Morgan fingerprint density at radius 1 is 1.00 bits per heavy atom. The number of Topliss-reactive ketones (excluding diaryl/α,β-unsaturated/α-hetero) is 1. The van der Waals surface area contributed by atoms with E-state index >= 15 is 0 Å². The molecule has 7 heteroatoms. The Bertz CT molecular complexity index is 1020. The summed E-state index contributed by atoms with van der Waals surface area (Å²) in [5, 5.41) is 5.75. The smallest absolute Gasteiger partial charge is 0.274 e. The minimum Gasteiger partial charge on any atom is -0.355 e. The molecule has 2 aromatic carbocycles. The highest BCUT2D eigenvalue weighted by molar-refractivity contribution is 6.31. The summed E-state index contributed by atoms with van der Waals surface area (Å²) >= 11 is 5.77. The van der Waals surface area contributed by atoms with Crippen LogP contribution < -0.4 is 10.6 Å². The normalized spacial score (nSPS) is 10.3. The van der Waals surface area contributed by atoms with Gasteiger partial charge >= 0.3 is 0 Å². The van der Waals surface area contributed by atoms with E-state index in [1.165, 1.54) is 31.3 Å². The molecule has 0 atom stereocenters. The SMILES string of the molecule is CC(=O)c1cccc(NC(=O)c2cc(Nc3ccc(F)c(Cl)c3)ccn2)c1. The van der Waals surface area contributed by atoms with Gasteiger partial charge in [-0.3, -0.25) is 14.6 Å². The van der Waals surface area contributed by atoms with Crippen molar-refractivity contribution in [3.63, 3.8) is 0 Å². The van der Waals surface area contributed by atoms with Gasteiger partial charge in [-0.1, -0.05) is 23.7 Å². The van der Waals surface area contributed by atoms with Crippen molar-refractivity contribution in [3.05, 3.63) is 82.9 Å². The number of anilines is 3. The summed E-state index contributed by atoms with van der Waals surface area (Å²) in [6.45, 7) is 1.46. The molecule has 1 amide bonds. The monoisotopic (exact) mass is 383 g/mol. The molecule has 27 heavy (non-hydrogen) atoms. The van der Waals surface area contributed by atoms with E-state index in [0.29, 0.717) is 22.6 Å². The van der Waals surface area contributed by atoms with Gasteiger partial charge in [0.25, 0.3) is 5.91 Å². The molecule has 0 bridgehead atoms. The lowest BCUT2D eigenvalue weighted by molar-refractivity contribution is 0.100. The maximum absolute atomic E-state index is 13.2. The van der Waals surface area contributed by atoms with Crippen molar-refractivity contribution in [1.82, 2.24) is 4.98 Å². The molecule has 1 heterocycles. The molecule has 3 aromatic rings. The van der Waals surface area contributed by atoms with E-state index in [-0.39, 0.29) is 16.5 Å². The number of halogens is 2. The van der Waals surface area contributed by atoms with Gasteiger partial charge in [0.1, 0.15) is 11.5 Å². The Kier molecular flexibility index (Phi) is 5.47. The summed E-state index contributed by atoms with van der Waals surface area (Å²) in [7, 11) is 0. The molecule has 0 spiro atoms. The van der Waals surface area contributed by atoms with Crippen LogP contribution in [0.25, 0.3) is 0 Å². The minimum absolute atomic E-state index is 0.00243. The van der Waals surface area contributed by atoms with E-state index < -0.39 is 11.7 Å². The standard InChI is InChI=1S/C20H15ClFN3O2/c1-12(26)13-3-2-4-14(9-13)25-20(27)19-11-16(7-8-23-19)24-15-5-6-18(22)17(21)10-15/h2-11H,1H3,(H,23,24)(H,25,27). The fourth-order valence-electron chi connectivity index (χ4n) is 2.38. The van der Waals surface area contributed by atoms with E-state index in [1.807, 2.05) is 0 Å². The Morgan fingerprint density at radius 3 is 2.52 bits per heavy atom. The summed E-state index contributed by atoms with van der Waals surface area (Å²) < 4.78 is 13.2. The van der Waals surface area contributed by atoms with Crippen molar-refractivity contribution in [2.75, 3.05) is 10.6 Å². The molecule has 2 N–H and O–H groups in total. The van der Waals surface area contributed by atoms with Gasteiger partial charge in [-0.2, -0.15) is 0 Å². The van der Waals surface area contributed by atoms with Gasteiger partial charge in [-0.05, 0) is 49.4 Å². The summed E-state index contributed by atoms with van der Waals surface area (Å²) in [5.41, 5.74) is 2.35. The molecule has 0 aliphatic rings. The van der Waals surface area contributed by atoms with Gasteiger partial charge in [0, 0.05) is 28.8 Å². The van der Waals surface area contributed by atoms with Crippen molar-refractivity contribution < 1.29 is 14.0 Å². The first kappa shape index (κ1) is 18.5. The van der Waals surface area contributed by atoms with Gasteiger partial charge in [0.05, 0.1) is 5.02 Å². The second-order valence-corrected chi connectivity index (χ2v) is 6.18. The zero-order valence-electron chi connectivity index (χ0n) is 14.3. The van der Waals surface area contributed by atoms with Crippen LogP contribution in [0.1, 0.15) is 27.8 Å². The van der Waals surface area contributed by atoms with E-state index in [4.69, 9.17) is 11.6 Å². The third-order valence-corrected chi connectivity index (χ3v) is 4.02. The molecule has 3 rings (SSSR count). The topological polar surface area (TPSA) is 71.1 Å². The first-order valence-electron chi connectivity index (χ1n) is 8.03. The number of pyridine rings is 1. The first-order valence-corrected chi connectivity index (χ1v) is 8.40. The molecular weight excluding hydrogens is 369 g/mol. The van der Waals surface area contributed by atoms with Gasteiger partial charge in [-0.15, -0.1) is 0 Å². The number of carbonyl (C=O) groups excluding carboxylic acids is 2. The molecule has 136 valence electrons. The van der Waals surface area contributed by atoms with Gasteiger partial charge in [-0.25, -0.2) is 4.39 Å². The van der Waals surface area contributed by atoms with E-state index in [2.05, 4.69) is 15.6 Å². The second kappa shape index (κ2) is 7.97. The van der Waals surface area contributed by atoms with Gasteiger partial charge in [0.2, 0.25) is 0 Å². The number of hydrogen-bond acceptors (Lipinski definition) is 4. The van der Waals surface area contributed by atoms with Crippen LogP contribution in [0, 0.1) is 5.82 Å². The molecule has 0 aliphatic heterocycles. The van der Waals surface area contributed by atoms with Crippen LogP contribution in [-0.2, 0) is 0 Å². The number of nitrogens with one attached hydrogen (secondary N) is 2. The van der Waals surface area contributed by atoms with Crippen LogP contribution in [0.3, 0.4) is 0 Å². The number of amides is 1. The summed E-state index contributed by atoms with van der Waals surface area (Å²) in [4.78, 5) is 28.0. The molecule has 0 saturated carbocycles. The van der Waals surface area contributed by atoms with Crippen LogP contribution in [-0.4, -0.2) is 16.7 Å². The van der Waals surface area contributed by atoms with E-state index in [9.17, 15) is 14.0 Å². The number of ketones is 1. The maximum atomic E-state index is 13.2. The van der Waals surface area contributed by atoms with E-state index in [1.54, 1.807) is 36.4 Å². The highest BCUT2D eigenvalue weighted by Gasteiger charge is 2.10. The zero-order valence-corrected chi connectivity index (χ0v) is 15.0. The summed E-state index contributed by atoms with van der Waals surface area (Å²) in [5.74, 6) is -1.02. The fourth-order valence-corrected chi connectivity index (χ4v) is 2.56. The average molecular weight is 384 g/mol. The summed E-state index contributed by atoms with van der Waals surface area (Å²) in [6, 6.07) is 14.1. The number of rotatable bonds is 5. The summed E-state index contributed by atoms with van der Waals surface area (Å²) in [6.07, 6.45) is 1.48. The Balaban J connectivity index is 1.76. The first-order chi connectivity index (χ1) is 12.9. The molecular formula is C20H15ClFN3O2. The Morgan fingerprint density at radius 2 is 1.78 bits per heavy atom. The zero-order chi connectivity index (χ0) is 19.4. The van der Waals surface area contributed by atoms with Crippen molar-refractivity contribution >= 4 is 40.4 Å². The number of hydrogen-bond donors (Lipinski definition) is 2. The predicted octanol–water partition coefficient (Wildman–Crippen LogP) is 5.07. The molecule has 0 unspecified atom stereocenters. The van der Waals surface area contributed by atoms with Crippen LogP contribution >= 0.6 is 11.6 Å². The molecule has 1 aromatic heterocycles. The number of benzene rings is 2. The number of nitrogens with zero attached hydrogens (tertiary/aromatic N) is 1. The van der Waals surface area contributed by atoms with Crippen molar-refractivity contribution in [2.24, 2.45) is 0 Å².